The summed E-state index contributed by atoms with van der Waals surface area (Å²) in [7, 11) is 1.27. The Morgan fingerprint density at radius 3 is 2.75 bits per heavy atom. The number of benzene rings is 1. The lowest BCUT2D eigenvalue weighted by Gasteiger charge is -2.01. The highest BCUT2D eigenvalue weighted by atomic mass is 33.1. The minimum Gasteiger partial charge on any atom is -0.481 e. The predicted octanol–water partition coefficient (Wildman–Crippen LogP) is 2.25. The van der Waals surface area contributed by atoms with Crippen molar-refractivity contribution in [2.75, 3.05) is 0 Å². The third kappa shape index (κ3) is 2.46. The fraction of sp³-hybridized carbons (Fsp3) is 0.125. The Morgan fingerprint density at radius 1 is 1.50 bits per heavy atom. The van der Waals surface area contributed by atoms with Crippen LogP contribution in [0.25, 0.3) is 0 Å². The van der Waals surface area contributed by atoms with Gasteiger partial charge < -0.3 is 5.11 Å². The maximum absolute atomic E-state index is 10.4. The van der Waals surface area contributed by atoms with E-state index in [1.54, 1.807) is 6.07 Å². The van der Waals surface area contributed by atoms with Crippen molar-refractivity contribution in [3.05, 3.63) is 29.8 Å². The molecule has 0 amide bonds. The van der Waals surface area contributed by atoms with Crippen molar-refractivity contribution >= 4 is 28.4 Å². The van der Waals surface area contributed by atoms with Gasteiger partial charge >= 0.3 is 5.97 Å². The summed E-state index contributed by atoms with van der Waals surface area (Å²) in [5, 5.41) is 8.55. The topological polar surface area (TPSA) is 37.3 Å². The van der Waals surface area contributed by atoms with Gasteiger partial charge in [0.05, 0.1) is 6.42 Å². The standard InChI is InChI=1S/C8H8O2S2/c9-8(10)5-6-3-1-2-4-7(6)12-11/h1-4,11H,5H2,(H,9,10). The monoisotopic (exact) mass is 200 g/mol. The average Bonchev–Trinajstić information content (AvgIpc) is 2.04. The second kappa shape index (κ2) is 4.42. The van der Waals surface area contributed by atoms with E-state index in [1.165, 1.54) is 10.8 Å². The number of carboxylic acids is 1. The molecular weight excluding hydrogens is 192 g/mol. The number of aliphatic carboxylic acids is 1. The van der Waals surface area contributed by atoms with Crippen LogP contribution in [0, 0.1) is 0 Å². The summed E-state index contributed by atoms with van der Waals surface area (Å²) in [4.78, 5) is 11.3. The molecule has 1 N–H and O–H groups in total. The van der Waals surface area contributed by atoms with Crippen molar-refractivity contribution in [3.63, 3.8) is 0 Å². The summed E-state index contributed by atoms with van der Waals surface area (Å²) in [6, 6.07) is 7.35. The van der Waals surface area contributed by atoms with E-state index in [-0.39, 0.29) is 6.42 Å². The third-order valence-electron chi connectivity index (χ3n) is 1.41. The molecule has 0 unspecified atom stereocenters. The van der Waals surface area contributed by atoms with Gasteiger partial charge in [-0.15, -0.1) is 11.7 Å². The van der Waals surface area contributed by atoms with Crippen molar-refractivity contribution in [1.82, 2.24) is 0 Å². The molecule has 1 aromatic rings. The Bertz CT molecular complexity index is 286. The van der Waals surface area contributed by atoms with Crippen LogP contribution in [0.4, 0.5) is 0 Å². The van der Waals surface area contributed by atoms with Gasteiger partial charge in [-0.25, -0.2) is 0 Å². The van der Waals surface area contributed by atoms with Crippen LogP contribution in [-0.4, -0.2) is 11.1 Å². The number of thiol groups is 1. The van der Waals surface area contributed by atoms with E-state index in [0.29, 0.717) is 0 Å². The van der Waals surface area contributed by atoms with Gasteiger partial charge in [-0.05, 0) is 11.6 Å². The molecule has 1 aromatic carbocycles. The molecule has 4 heteroatoms. The maximum Gasteiger partial charge on any atom is 0.307 e. The van der Waals surface area contributed by atoms with Gasteiger partial charge in [0.25, 0.3) is 0 Å². The van der Waals surface area contributed by atoms with E-state index < -0.39 is 5.97 Å². The number of rotatable bonds is 3. The lowest BCUT2D eigenvalue weighted by atomic mass is 10.1. The van der Waals surface area contributed by atoms with Gasteiger partial charge in [0.2, 0.25) is 0 Å². The van der Waals surface area contributed by atoms with E-state index in [1.807, 2.05) is 18.2 Å². The first-order valence-corrected chi connectivity index (χ1v) is 5.22. The molecule has 0 fully saturated rings. The average molecular weight is 200 g/mol. The zero-order valence-electron chi connectivity index (χ0n) is 6.23. The third-order valence-corrected chi connectivity index (χ3v) is 2.60. The molecule has 0 saturated heterocycles. The summed E-state index contributed by atoms with van der Waals surface area (Å²) in [6.45, 7) is 0. The van der Waals surface area contributed by atoms with Gasteiger partial charge in [0, 0.05) is 4.90 Å². The molecular formula is C8H8O2S2. The quantitative estimate of drug-likeness (QED) is 0.580. The van der Waals surface area contributed by atoms with Crippen LogP contribution in [0.2, 0.25) is 0 Å². The lowest BCUT2D eigenvalue weighted by molar-refractivity contribution is -0.136. The van der Waals surface area contributed by atoms with Crippen LogP contribution in [-0.2, 0) is 11.2 Å². The second-order valence-corrected chi connectivity index (χ2v) is 3.44. The first-order valence-electron chi connectivity index (χ1n) is 3.35. The van der Waals surface area contributed by atoms with E-state index in [9.17, 15) is 4.79 Å². The largest absolute Gasteiger partial charge is 0.481 e. The highest BCUT2D eigenvalue weighted by molar-refractivity contribution is 8.68. The minimum absolute atomic E-state index is 0.0593. The predicted molar refractivity (Wildman–Crippen MR) is 52.6 cm³/mol. The van der Waals surface area contributed by atoms with Crippen LogP contribution < -0.4 is 0 Å². The molecule has 0 atom stereocenters. The lowest BCUT2D eigenvalue weighted by Crippen LogP contribution is -2.00. The maximum atomic E-state index is 10.4. The van der Waals surface area contributed by atoms with Crippen molar-refractivity contribution in [2.45, 2.75) is 11.3 Å². The number of hydrogen-bond acceptors (Lipinski definition) is 3. The SMILES string of the molecule is O=C(O)Cc1ccccc1SS. The normalized spacial score (nSPS) is 9.75. The summed E-state index contributed by atoms with van der Waals surface area (Å²) in [5.41, 5.74) is 0.810. The Hall–Kier alpha value is -0.610. The van der Waals surface area contributed by atoms with Gasteiger partial charge in [-0.2, -0.15) is 0 Å². The van der Waals surface area contributed by atoms with Crippen LogP contribution in [0.1, 0.15) is 5.56 Å². The molecule has 0 aliphatic carbocycles. The zero-order chi connectivity index (χ0) is 8.97. The molecule has 12 heavy (non-hydrogen) atoms. The molecule has 0 bridgehead atoms. The fourth-order valence-corrected chi connectivity index (χ4v) is 1.83. The summed E-state index contributed by atoms with van der Waals surface area (Å²) >= 11 is 4.03. The summed E-state index contributed by atoms with van der Waals surface area (Å²) < 4.78 is 0. The minimum atomic E-state index is -0.815. The first kappa shape index (κ1) is 9.48. The molecule has 2 nitrogen and oxygen atoms in total. The molecule has 0 saturated carbocycles. The smallest absolute Gasteiger partial charge is 0.307 e. The van der Waals surface area contributed by atoms with Gasteiger partial charge in [-0.3, -0.25) is 4.79 Å². The van der Waals surface area contributed by atoms with E-state index >= 15 is 0 Å². The first-order chi connectivity index (χ1) is 5.74. The second-order valence-electron chi connectivity index (χ2n) is 2.27. The molecule has 0 aliphatic heterocycles. The van der Waals surface area contributed by atoms with Gasteiger partial charge in [0.15, 0.2) is 0 Å². The van der Waals surface area contributed by atoms with Crippen LogP contribution in [0.3, 0.4) is 0 Å². The fourth-order valence-electron chi connectivity index (χ4n) is 0.902. The Kier molecular flexibility index (Phi) is 3.49. The van der Waals surface area contributed by atoms with Crippen molar-refractivity contribution in [1.29, 1.82) is 0 Å². The molecule has 0 aromatic heterocycles. The van der Waals surface area contributed by atoms with Crippen LogP contribution in [0.5, 0.6) is 0 Å². The number of hydrogen-bond donors (Lipinski definition) is 2. The van der Waals surface area contributed by atoms with E-state index in [0.717, 1.165) is 10.5 Å². The molecule has 0 spiro atoms. The Morgan fingerprint density at radius 2 is 2.17 bits per heavy atom. The molecule has 0 radical (unpaired) electrons. The summed E-state index contributed by atoms with van der Waals surface area (Å²) in [6.07, 6.45) is 0.0593. The van der Waals surface area contributed by atoms with Gasteiger partial charge in [-0.1, -0.05) is 29.0 Å². The van der Waals surface area contributed by atoms with Crippen LogP contribution >= 0.6 is 22.5 Å². The zero-order valence-corrected chi connectivity index (χ0v) is 7.94. The molecule has 1 rings (SSSR count). The van der Waals surface area contributed by atoms with E-state index in [2.05, 4.69) is 11.7 Å². The van der Waals surface area contributed by atoms with E-state index in [4.69, 9.17) is 5.11 Å². The molecule has 64 valence electrons. The number of carboxylic acid groups (broad SMARTS) is 1. The molecule has 0 aliphatic rings. The molecule has 0 heterocycles. The summed E-state index contributed by atoms with van der Waals surface area (Å²) in [5.74, 6) is -0.815. The van der Waals surface area contributed by atoms with Crippen molar-refractivity contribution < 1.29 is 9.90 Å². The number of carbonyl (C=O) groups is 1. The highest BCUT2D eigenvalue weighted by Crippen LogP contribution is 2.25. The highest BCUT2D eigenvalue weighted by Gasteiger charge is 2.04. The Balaban J connectivity index is 2.89. The van der Waals surface area contributed by atoms with Crippen molar-refractivity contribution in [2.24, 2.45) is 0 Å². The van der Waals surface area contributed by atoms with Crippen molar-refractivity contribution in [3.8, 4) is 0 Å². The Labute approximate surface area is 79.8 Å². The van der Waals surface area contributed by atoms with Gasteiger partial charge in [0.1, 0.15) is 0 Å². The van der Waals surface area contributed by atoms with Crippen LogP contribution in [0.15, 0.2) is 29.2 Å².